The molecule has 2 amide bonds. The molecule has 0 aromatic heterocycles. The molecule has 0 unspecified atom stereocenters. The van der Waals surface area contributed by atoms with Crippen molar-refractivity contribution >= 4 is 23.5 Å². The van der Waals surface area contributed by atoms with Gasteiger partial charge in [-0.25, -0.2) is 0 Å². The van der Waals surface area contributed by atoms with Gasteiger partial charge in [0.1, 0.15) is 12.3 Å². The Bertz CT molecular complexity index is 701. The molecule has 0 spiro atoms. The molecule has 8 heteroatoms. The maximum Gasteiger partial charge on any atom is 0.323 e. The molecule has 1 aromatic carbocycles. The van der Waals surface area contributed by atoms with E-state index in [0.717, 1.165) is 12.1 Å². The van der Waals surface area contributed by atoms with Crippen molar-refractivity contribution in [2.45, 2.75) is 31.7 Å². The Morgan fingerprint density at radius 2 is 2.07 bits per heavy atom. The maximum atomic E-state index is 12.6. The second-order valence-electron chi connectivity index (χ2n) is 6.69. The normalized spacial score (nSPS) is 17.8. The molecule has 27 heavy (non-hydrogen) atoms. The Kier molecular flexibility index (Phi) is 6.28. The second-order valence-corrected chi connectivity index (χ2v) is 6.69. The first-order chi connectivity index (χ1) is 13.0. The van der Waals surface area contributed by atoms with Gasteiger partial charge >= 0.3 is 5.97 Å². The van der Waals surface area contributed by atoms with Gasteiger partial charge in [0.15, 0.2) is 6.61 Å². The number of ether oxygens (including phenoxy) is 2. The van der Waals surface area contributed by atoms with Crippen LogP contribution in [0.5, 0.6) is 5.75 Å². The maximum absolute atomic E-state index is 12.6. The zero-order valence-electron chi connectivity index (χ0n) is 15.1. The minimum atomic E-state index is -1.05. The van der Waals surface area contributed by atoms with Crippen LogP contribution in [-0.2, 0) is 19.1 Å². The van der Waals surface area contributed by atoms with Crippen LogP contribution in [0, 0.1) is 0 Å². The SMILES string of the molecule is O=C(O)CN(C(=O)COc1cccc(N2CCCC2=O)c1)C1CCOCC1. The summed E-state index contributed by atoms with van der Waals surface area (Å²) in [5.74, 6) is -0.866. The molecule has 0 atom stereocenters. The van der Waals surface area contributed by atoms with Crippen molar-refractivity contribution in [2.75, 3.05) is 37.8 Å². The van der Waals surface area contributed by atoms with Crippen molar-refractivity contribution in [1.29, 1.82) is 0 Å². The summed E-state index contributed by atoms with van der Waals surface area (Å²) in [5.41, 5.74) is 0.745. The fourth-order valence-corrected chi connectivity index (χ4v) is 3.45. The minimum Gasteiger partial charge on any atom is -0.484 e. The van der Waals surface area contributed by atoms with Crippen LogP contribution < -0.4 is 9.64 Å². The highest BCUT2D eigenvalue weighted by atomic mass is 16.5. The number of carbonyl (C=O) groups excluding carboxylic acids is 2. The van der Waals surface area contributed by atoms with Gasteiger partial charge in [-0.05, 0) is 31.4 Å². The van der Waals surface area contributed by atoms with Crippen molar-refractivity contribution < 1.29 is 29.0 Å². The quantitative estimate of drug-likeness (QED) is 0.770. The number of hydrogen-bond donors (Lipinski definition) is 1. The topological polar surface area (TPSA) is 96.4 Å². The predicted molar refractivity (Wildman–Crippen MR) is 96.7 cm³/mol. The average Bonchev–Trinajstić information content (AvgIpc) is 3.11. The lowest BCUT2D eigenvalue weighted by Gasteiger charge is -2.33. The zero-order chi connectivity index (χ0) is 19.2. The number of rotatable bonds is 7. The third-order valence-electron chi connectivity index (χ3n) is 4.82. The molecule has 2 saturated heterocycles. The number of amides is 2. The van der Waals surface area contributed by atoms with Crippen molar-refractivity contribution in [2.24, 2.45) is 0 Å². The van der Waals surface area contributed by atoms with E-state index in [1.165, 1.54) is 4.90 Å². The van der Waals surface area contributed by atoms with Gasteiger partial charge in [-0.15, -0.1) is 0 Å². The summed E-state index contributed by atoms with van der Waals surface area (Å²) in [6.45, 7) is 1.11. The average molecular weight is 376 g/mol. The molecule has 1 aromatic rings. The van der Waals surface area contributed by atoms with Crippen molar-refractivity contribution in [3.63, 3.8) is 0 Å². The fraction of sp³-hybridized carbons (Fsp3) is 0.526. The van der Waals surface area contributed by atoms with Gasteiger partial charge in [0, 0.05) is 44.0 Å². The van der Waals surface area contributed by atoms with Crippen LogP contribution in [-0.4, -0.2) is 66.7 Å². The van der Waals surface area contributed by atoms with Gasteiger partial charge in [-0.2, -0.15) is 0 Å². The first kappa shape index (κ1) is 19.2. The summed E-state index contributed by atoms with van der Waals surface area (Å²) in [4.78, 5) is 38.7. The molecule has 2 aliphatic rings. The van der Waals surface area contributed by atoms with Crippen LogP contribution in [0.2, 0.25) is 0 Å². The van der Waals surface area contributed by atoms with Crippen molar-refractivity contribution in [3.8, 4) is 5.75 Å². The summed E-state index contributed by atoms with van der Waals surface area (Å²) >= 11 is 0. The fourth-order valence-electron chi connectivity index (χ4n) is 3.45. The van der Waals surface area contributed by atoms with Gasteiger partial charge < -0.3 is 24.4 Å². The van der Waals surface area contributed by atoms with E-state index in [1.807, 2.05) is 6.07 Å². The Hall–Kier alpha value is -2.61. The Morgan fingerprint density at radius 3 is 2.74 bits per heavy atom. The lowest BCUT2D eigenvalue weighted by atomic mass is 10.1. The first-order valence-corrected chi connectivity index (χ1v) is 9.17. The molecule has 2 heterocycles. The molecule has 146 valence electrons. The highest BCUT2D eigenvalue weighted by Crippen LogP contribution is 2.25. The molecule has 2 aliphatic heterocycles. The summed E-state index contributed by atoms with van der Waals surface area (Å²) in [7, 11) is 0. The summed E-state index contributed by atoms with van der Waals surface area (Å²) in [5, 5.41) is 9.13. The molecule has 0 radical (unpaired) electrons. The third-order valence-corrected chi connectivity index (χ3v) is 4.82. The highest BCUT2D eigenvalue weighted by Gasteiger charge is 2.28. The van der Waals surface area contributed by atoms with Gasteiger partial charge in [0.05, 0.1) is 0 Å². The number of anilines is 1. The molecule has 2 fully saturated rings. The number of carboxylic acids is 1. The van der Waals surface area contributed by atoms with Gasteiger partial charge in [-0.1, -0.05) is 6.07 Å². The van der Waals surface area contributed by atoms with E-state index in [4.69, 9.17) is 14.6 Å². The Morgan fingerprint density at radius 1 is 1.30 bits per heavy atom. The molecule has 0 aliphatic carbocycles. The van der Waals surface area contributed by atoms with E-state index < -0.39 is 5.97 Å². The zero-order valence-corrected chi connectivity index (χ0v) is 15.1. The molecule has 3 rings (SSSR count). The van der Waals surface area contributed by atoms with Crippen molar-refractivity contribution in [1.82, 2.24) is 4.90 Å². The number of carboxylic acid groups (broad SMARTS) is 1. The molecule has 0 bridgehead atoms. The summed E-state index contributed by atoms with van der Waals surface area (Å²) in [6, 6.07) is 6.89. The Balaban J connectivity index is 1.62. The van der Waals surface area contributed by atoms with Crippen molar-refractivity contribution in [3.05, 3.63) is 24.3 Å². The molecule has 8 nitrogen and oxygen atoms in total. The van der Waals surface area contributed by atoms with Crippen LogP contribution in [0.3, 0.4) is 0 Å². The van der Waals surface area contributed by atoms with Crippen LogP contribution in [0.15, 0.2) is 24.3 Å². The monoisotopic (exact) mass is 376 g/mol. The largest absolute Gasteiger partial charge is 0.484 e. The smallest absolute Gasteiger partial charge is 0.323 e. The van der Waals surface area contributed by atoms with E-state index in [-0.39, 0.29) is 31.0 Å². The number of nitrogens with zero attached hydrogens (tertiary/aromatic N) is 2. The van der Waals surface area contributed by atoms with E-state index in [1.54, 1.807) is 23.1 Å². The first-order valence-electron chi connectivity index (χ1n) is 9.17. The van der Waals surface area contributed by atoms with E-state index >= 15 is 0 Å². The number of hydrogen-bond acceptors (Lipinski definition) is 5. The molecule has 1 N–H and O–H groups in total. The number of aliphatic carboxylic acids is 1. The minimum absolute atomic E-state index is 0.0791. The third kappa shape index (κ3) is 4.97. The molecule has 0 saturated carbocycles. The number of benzene rings is 1. The van der Waals surface area contributed by atoms with Crippen LogP contribution in [0.1, 0.15) is 25.7 Å². The summed E-state index contributed by atoms with van der Waals surface area (Å²) < 4.78 is 10.9. The van der Waals surface area contributed by atoms with Crippen LogP contribution in [0.25, 0.3) is 0 Å². The lowest BCUT2D eigenvalue weighted by Crippen LogP contribution is -2.47. The summed E-state index contributed by atoms with van der Waals surface area (Å²) in [6.07, 6.45) is 2.60. The van der Waals surface area contributed by atoms with Gasteiger partial charge in [0.25, 0.3) is 5.91 Å². The molecular weight excluding hydrogens is 352 g/mol. The van der Waals surface area contributed by atoms with E-state index in [0.29, 0.717) is 44.8 Å². The predicted octanol–water partition coefficient (Wildman–Crippen LogP) is 1.28. The van der Waals surface area contributed by atoms with Gasteiger partial charge in [0.2, 0.25) is 5.91 Å². The van der Waals surface area contributed by atoms with Crippen LogP contribution >= 0.6 is 0 Å². The van der Waals surface area contributed by atoms with Crippen LogP contribution in [0.4, 0.5) is 5.69 Å². The lowest BCUT2D eigenvalue weighted by molar-refractivity contribution is -0.148. The second kappa shape index (κ2) is 8.85. The standard InChI is InChI=1S/C19H24N2O6/c22-17-5-2-8-20(17)15-3-1-4-16(11-15)27-13-18(23)21(12-19(24)25)14-6-9-26-10-7-14/h1,3-4,11,14H,2,5-10,12-13H2,(H,24,25). The number of carbonyl (C=O) groups is 3. The Labute approximate surface area is 157 Å². The van der Waals surface area contributed by atoms with E-state index in [2.05, 4.69) is 0 Å². The molecular formula is C19H24N2O6. The van der Waals surface area contributed by atoms with E-state index in [9.17, 15) is 14.4 Å². The highest BCUT2D eigenvalue weighted by molar-refractivity contribution is 5.95. The van der Waals surface area contributed by atoms with Gasteiger partial charge in [-0.3, -0.25) is 14.4 Å².